The number of halogens is 2. The van der Waals surface area contributed by atoms with Crippen LogP contribution in [0.25, 0.3) is 0 Å². The van der Waals surface area contributed by atoms with Crippen molar-refractivity contribution in [3.8, 4) is 5.75 Å². The molecule has 0 bridgehead atoms. The molecule has 0 saturated carbocycles. The molecule has 1 saturated heterocycles. The number of likely N-dealkylation sites (tertiary alicyclic amines) is 1. The Hall–Kier alpha value is -0.970. The first-order valence-electron chi connectivity index (χ1n) is 7.23. The van der Waals surface area contributed by atoms with E-state index in [4.69, 9.17) is 23.2 Å². The Morgan fingerprint density at radius 2 is 1.95 bits per heavy atom. The van der Waals surface area contributed by atoms with E-state index < -0.39 is 0 Å². The molecule has 1 aliphatic heterocycles. The standard InChI is InChI=1S/C15H20Cl2N2O2/c16-12-8-11(15(21)13(17)9-12)10-18-5-4-14(20)19-6-2-1-3-7-19/h8-9,18,21H,1-7,10H2. The number of phenolic OH excluding ortho intramolecular Hbond substituents is 1. The normalized spacial score (nSPS) is 15.2. The van der Waals surface area contributed by atoms with Gasteiger partial charge in [-0.1, -0.05) is 23.2 Å². The highest BCUT2D eigenvalue weighted by Gasteiger charge is 2.15. The van der Waals surface area contributed by atoms with Gasteiger partial charge in [0.2, 0.25) is 5.91 Å². The number of carbonyl (C=O) groups is 1. The molecule has 1 amide bonds. The molecule has 2 N–H and O–H groups in total. The van der Waals surface area contributed by atoms with E-state index in [0.29, 0.717) is 30.1 Å². The number of rotatable bonds is 5. The lowest BCUT2D eigenvalue weighted by atomic mass is 10.1. The first-order chi connectivity index (χ1) is 10.1. The van der Waals surface area contributed by atoms with Gasteiger partial charge < -0.3 is 15.3 Å². The number of piperidine rings is 1. The quantitative estimate of drug-likeness (QED) is 0.815. The number of phenols is 1. The third kappa shape index (κ3) is 4.77. The summed E-state index contributed by atoms with van der Waals surface area (Å²) in [4.78, 5) is 13.9. The number of carbonyl (C=O) groups excluding carboxylic acids is 1. The number of nitrogens with one attached hydrogen (secondary N) is 1. The van der Waals surface area contributed by atoms with E-state index in [1.54, 1.807) is 6.07 Å². The van der Waals surface area contributed by atoms with E-state index in [9.17, 15) is 9.90 Å². The minimum Gasteiger partial charge on any atom is -0.506 e. The van der Waals surface area contributed by atoms with Gasteiger partial charge in [0.25, 0.3) is 0 Å². The lowest BCUT2D eigenvalue weighted by Crippen LogP contribution is -2.37. The molecule has 2 rings (SSSR count). The monoisotopic (exact) mass is 330 g/mol. The van der Waals surface area contributed by atoms with Gasteiger partial charge >= 0.3 is 0 Å². The molecule has 6 heteroatoms. The van der Waals surface area contributed by atoms with Crippen LogP contribution in [0.1, 0.15) is 31.2 Å². The third-order valence-corrected chi connectivity index (χ3v) is 4.15. The van der Waals surface area contributed by atoms with Gasteiger partial charge in [0, 0.05) is 43.2 Å². The van der Waals surface area contributed by atoms with Crippen LogP contribution in [0.3, 0.4) is 0 Å². The van der Waals surface area contributed by atoms with Gasteiger partial charge in [-0.2, -0.15) is 0 Å². The van der Waals surface area contributed by atoms with Gasteiger partial charge in [-0.25, -0.2) is 0 Å². The van der Waals surface area contributed by atoms with E-state index in [1.807, 2.05) is 4.90 Å². The highest BCUT2D eigenvalue weighted by molar-refractivity contribution is 6.35. The fraction of sp³-hybridized carbons (Fsp3) is 0.533. The van der Waals surface area contributed by atoms with Gasteiger partial charge in [-0.05, 0) is 31.4 Å². The molecule has 1 fully saturated rings. The molecule has 0 spiro atoms. The Morgan fingerprint density at radius 1 is 1.24 bits per heavy atom. The summed E-state index contributed by atoms with van der Waals surface area (Å²) < 4.78 is 0. The van der Waals surface area contributed by atoms with Crippen LogP contribution in [0.4, 0.5) is 0 Å². The molecule has 1 aliphatic rings. The summed E-state index contributed by atoms with van der Waals surface area (Å²) in [6, 6.07) is 3.17. The second-order valence-corrected chi connectivity index (χ2v) is 6.11. The molecule has 116 valence electrons. The minimum atomic E-state index is 0.0379. The van der Waals surface area contributed by atoms with E-state index in [-0.39, 0.29) is 16.7 Å². The van der Waals surface area contributed by atoms with Crippen molar-refractivity contribution in [2.75, 3.05) is 19.6 Å². The maximum Gasteiger partial charge on any atom is 0.223 e. The molecule has 1 aromatic rings. The van der Waals surface area contributed by atoms with Gasteiger partial charge in [-0.3, -0.25) is 4.79 Å². The number of nitrogens with zero attached hydrogens (tertiary/aromatic N) is 1. The van der Waals surface area contributed by atoms with Crippen molar-refractivity contribution < 1.29 is 9.90 Å². The zero-order valence-corrected chi connectivity index (χ0v) is 13.4. The first kappa shape index (κ1) is 16.4. The first-order valence-corrected chi connectivity index (χ1v) is 7.99. The molecule has 21 heavy (non-hydrogen) atoms. The van der Waals surface area contributed by atoms with E-state index in [0.717, 1.165) is 25.9 Å². The fourth-order valence-corrected chi connectivity index (χ4v) is 3.01. The van der Waals surface area contributed by atoms with Crippen molar-refractivity contribution >= 4 is 29.1 Å². The molecular weight excluding hydrogens is 311 g/mol. The largest absolute Gasteiger partial charge is 0.506 e. The maximum atomic E-state index is 12.0. The van der Waals surface area contributed by atoms with E-state index >= 15 is 0 Å². The summed E-state index contributed by atoms with van der Waals surface area (Å²) in [7, 11) is 0. The Balaban J connectivity index is 1.75. The van der Waals surface area contributed by atoms with Gasteiger partial charge in [0.05, 0.1) is 5.02 Å². The lowest BCUT2D eigenvalue weighted by Gasteiger charge is -2.26. The molecule has 0 aromatic heterocycles. The minimum absolute atomic E-state index is 0.0379. The van der Waals surface area contributed by atoms with Crippen molar-refractivity contribution in [2.24, 2.45) is 0 Å². The smallest absolute Gasteiger partial charge is 0.223 e. The number of hydrogen-bond acceptors (Lipinski definition) is 3. The van der Waals surface area contributed by atoms with Crippen LogP contribution in [0.5, 0.6) is 5.75 Å². The number of aromatic hydroxyl groups is 1. The molecule has 1 heterocycles. The predicted molar refractivity (Wildman–Crippen MR) is 84.9 cm³/mol. The number of hydrogen-bond donors (Lipinski definition) is 2. The van der Waals surface area contributed by atoms with Crippen LogP contribution in [0, 0.1) is 0 Å². The number of amides is 1. The topological polar surface area (TPSA) is 52.6 Å². The lowest BCUT2D eigenvalue weighted by molar-refractivity contribution is -0.131. The second-order valence-electron chi connectivity index (χ2n) is 5.26. The van der Waals surface area contributed by atoms with E-state index in [1.165, 1.54) is 12.5 Å². The summed E-state index contributed by atoms with van der Waals surface area (Å²) in [5.41, 5.74) is 0.637. The summed E-state index contributed by atoms with van der Waals surface area (Å²) >= 11 is 11.8. The molecule has 0 unspecified atom stereocenters. The summed E-state index contributed by atoms with van der Waals surface area (Å²) in [5, 5.41) is 13.7. The molecule has 0 radical (unpaired) electrons. The molecule has 1 aromatic carbocycles. The van der Waals surface area contributed by atoms with Crippen molar-refractivity contribution in [3.63, 3.8) is 0 Å². The Kier molecular flexibility index (Phi) is 6.15. The van der Waals surface area contributed by atoms with E-state index in [2.05, 4.69) is 5.32 Å². The molecule has 4 nitrogen and oxygen atoms in total. The molecule has 0 atom stereocenters. The van der Waals surface area contributed by atoms with Crippen LogP contribution in [0.2, 0.25) is 10.0 Å². The van der Waals surface area contributed by atoms with Crippen molar-refractivity contribution in [1.29, 1.82) is 0 Å². The Bertz CT molecular complexity index is 503. The maximum absolute atomic E-state index is 12.0. The van der Waals surface area contributed by atoms with Gasteiger partial charge in [-0.15, -0.1) is 0 Å². The van der Waals surface area contributed by atoms with Crippen molar-refractivity contribution in [1.82, 2.24) is 10.2 Å². The van der Waals surface area contributed by atoms with Gasteiger partial charge in [0.1, 0.15) is 5.75 Å². The van der Waals surface area contributed by atoms with Crippen LogP contribution >= 0.6 is 23.2 Å². The van der Waals surface area contributed by atoms with Crippen LogP contribution in [-0.4, -0.2) is 35.5 Å². The van der Waals surface area contributed by atoms with Crippen molar-refractivity contribution in [3.05, 3.63) is 27.7 Å². The average Bonchev–Trinajstić information content (AvgIpc) is 2.49. The second kappa shape index (κ2) is 7.87. The van der Waals surface area contributed by atoms with Crippen LogP contribution in [-0.2, 0) is 11.3 Å². The highest BCUT2D eigenvalue weighted by Crippen LogP contribution is 2.30. The molecule has 0 aliphatic carbocycles. The van der Waals surface area contributed by atoms with Crippen molar-refractivity contribution in [2.45, 2.75) is 32.2 Å². The Labute approximate surface area is 135 Å². The zero-order chi connectivity index (χ0) is 15.2. The number of benzene rings is 1. The van der Waals surface area contributed by atoms with Gasteiger partial charge in [0.15, 0.2) is 0 Å². The summed E-state index contributed by atoms with van der Waals surface area (Å²) in [6.45, 7) is 2.76. The third-order valence-electron chi connectivity index (χ3n) is 3.65. The fourth-order valence-electron chi connectivity index (χ4n) is 2.47. The summed E-state index contributed by atoms with van der Waals surface area (Å²) in [5.74, 6) is 0.228. The van der Waals surface area contributed by atoms with Crippen LogP contribution in [0.15, 0.2) is 12.1 Å². The average molecular weight is 331 g/mol. The zero-order valence-electron chi connectivity index (χ0n) is 11.9. The Morgan fingerprint density at radius 3 is 2.67 bits per heavy atom. The predicted octanol–water partition coefficient (Wildman–Crippen LogP) is 3.19. The highest BCUT2D eigenvalue weighted by atomic mass is 35.5. The van der Waals surface area contributed by atoms with Crippen LogP contribution < -0.4 is 5.32 Å². The summed E-state index contributed by atoms with van der Waals surface area (Å²) in [6.07, 6.45) is 3.90. The molecular formula is C15H20Cl2N2O2. The SMILES string of the molecule is O=C(CCNCc1cc(Cl)cc(Cl)c1O)N1CCCCC1.